The lowest BCUT2D eigenvalue weighted by atomic mass is 9.89. The molecular formula is C34H36N2O11. The molecule has 4 aromatic rings. The van der Waals surface area contributed by atoms with Crippen LogP contribution in [0.4, 0.5) is 5.69 Å². The quantitative estimate of drug-likeness (QED) is 0.0991. The Hall–Kier alpha value is -5.11. The number of rotatable bonds is 9. The fraction of sp³-hybridized carbons (Fsp3) is 0.324. The number of phenols is 1. The number of aliphatic hydroxyl groups excluding tert-OH is 1. The van der Waals surface area contributed by atoms with Crippen molar-refractivity contribution in [2.75, 3.05) is 12.4 Å². The van der Waals surface area contributed by atoms with E-state index < -0.39 is 59.1 Å². The first-order valence-electron chi connectivity index (χ1n) is 14.7. The van der Waals surface area contributed by atoms with E-state index >= 15 is 0 Å². The summed E-state index contributed by atoms with van der Waals surface area (Å²) >= 11 is 0. The van der Waals surface area contributed by atoms with Gasteiger partial charge in [-0.15, -0.1) is 6.58 Å². The van der Waals surface area contributed by atoms with E-state index in [0.717, 1.165) is 5.69 Å². The molecule has 1 aliphatic heterocycles. The Morgan fingerprint density at radius 2 is 1.87 bits per heavy atom. The topological polar surface area (TPSA) is 190 Å². The van der Waals surface area contributed by atoms with Gasteiger partial charge in [0, 0.05) is 23.9 Å². The minimum absolute atomic E-state index is 0.0144. The molecule has 1 fully saturated rings. The van der Waals surface area contributed by atoms with E-state index in [1.165, 1.54) is 37.4 Å². The van der Waals surface area contributed by atoms with Crippen LogP contribution in [-0.2, 0) is 20.6 Å². The molecule has 5 N–H and O–H groups in total. The molecule has 0 spiro atoms. The summed E-state index contributed by atoms with van der Waals surface area (Å²) in [7, 11) is 1.41. The number of benzene rings is 2. The summed E-state index contributed by atoms with van der Waals surface area (Å²) in [6.07, 6.45) is -3.04. The van der Waals surface area contributed by atoms with Gasteiger partial charge in [-0.3, -0.25) is 4.79 Å². The van der Waals surface area contributed by atoms with Crippen LogP contribution in [0.3, 0.4) is 0 Å². The average molecular weight is 649 g/mol. The normalized spacial score (nSPS) is 20.5. The van der Waals surface area contributed by atoms with Gasteiger partial charge in [-0.1, -0.05) is 6.08 Å². The Morgan fingerprint density at radius 1 is 1.13 bits per heavy atom. The van der Waals surface area contributed by atoms with E-state index in [1.807, 2.05) is 0 Å². The van der Waals surface area contributed by atoms with E-state index in [2.05, 4.69) is 16.9 Å². The first-order chi connectivity index (χ1) is 22.2. The van der Waals surface area contributed by atoms with Crippen molar-refractivity contribution in [2.24, 2.45) is 0 Å². The largest absolute Gasteiger partial charge is 0.508 e. The number of aromatic amines is 1. The van der Waals surface area contributed by atoms with Gasteiger partial charge in [0.25, 0.3) is 5.91 Å². The smallest absolute Gasteiger partial charge is 0.364 e. The summed E-state index contributed by atoms with van der Waals surface area (Å²) in [5.41, 5.74) is -0.821. The maximum absolute atomic E-state index is 13.0. The van der Waals surface area contributed by atoms with Crippen LogP contribution in [0.1, 0.15) is 51.5 Å². The molecule has 0 unspecified atom stereocenters. The van der Waals surface area contributed by atoms with Crippen LogP contribution in [0.5, 0.6) is 17.2 Å². The van der Waals surface area contributed by atoms with Crippen LogP contribution < -0.4 is 15.7 Å². The number of amides is 1. The third-order valence-electron chi connectivity index (χ3n) is 8.00. The first kappa shape index (κ1) is 33.3. The highest BCUT2D eigenvalue weighted by Crippen LogP contribution is 2.39. The molecule has 0 saturated carbocycles. The van der Waals surface area contributed by atoms with Gasteiger partial charge in [-0.25, -0.2) is 9.59 Å². The van der Waals surface area contributed by atoms with Gasteiger partial charge < -0.3 is 49.0 Å². The molecule has 3 heterocycles. The third kappa shape index (κ3) is 6.45. The van der Waals surface area contributed by atoms with E-state index in [0.29, 0.717) is 12.0 Å². The number of phenolic OH excluding ortho intramolecular Hbond substituents is 1. The lowest BCUT2D eigenvalue weighted by molar-refractivity contribution is -0.305. The summed E-state index contributed by atoms with van der Waals surface area (Å²) in [5.74, 6) is -1.83. The van der Waals surface area contributed by atoms with E-state index in [-0.39, 0.29) is 39.3 Å². The van der Waals surface area contributed by atoms with Crippen LogP contribution in [0.2, 0.25) is 0 Å². The summed E-state index contributed by atoms with van der Waals surface area (Å²) in [6, 6.07) is 10.3. The summed E-state index contributed by atoms with van der Waals surface area (Å²) in [6.45, 7) is 10.4. The highest BCUT2D eigenvalue weighted by molar-refractivity contribution is 6.06. The predicted molar refractivity (Wildman–Crippen MR) is 170 cm³/mol. The SMILES string of the molecule is C=CCc1cc(C(=O)Nc2c(O)c3ccc(O[C@@H]4OC(C)(C)[C@H](OC)[C@@H](OC(=O)c5ccc(C)[nH]5)[C@H]4O)c(C)c3oc2=O)ccc1O. The van der Waals surface area contributed by atoms with Gasteiger partial charge >= 0.3 is 11.6 Å². The van der Waals surface area contributed by atoms with Crippen LogP contribution >= 0.6 is 0 Å². The van der Waals surface area contributed by atoms with Gasteiger partial charge in [-0.05, 0) is 82.1 Å². The molecule has 0 aliphatic carbocycles. The van der Waals surface area contributed by atoms with Gasteiger partial charge in [0.15, 0.2) is 23.6 Å². The fourth-order valence-corrected chi connectivity index (χ4v) is 5.58. The molecular weight excluding hydrogens is 612 g/mol. The van der Waals surface area contributed by atoms with Gasteiger partial charge in [0.2, 0.25) is 6.29 Å². The lowest BCUT2D eigenvalue weighted by Gasteiger charge is -2.47. The fourth-order valence-electron chi connectivity index (χ4n) is 5.58. The van der Waals surface area contributed by atoms with E-state index in [4.69, 9.17) is 23.4 Å². The second kappa shape index (κ2) is 12.9. The molecule has 248 valence electrons. The lowest BCUT2D eigenvalue weighted by Crippen LogP contribution is -2.65. The second-order valence-corrected chi connectivity index (χ2v) is 11.7. The molecule has 13 heteroatoms. The molecule has 1 amide bonds. The summed E-state index contributed by atoms with van der Waals surface area (Å²) in [5, 5.41) is 34.8. The Balaban J connectivity index is 1.41. The van der Waals surface area contributed by atoms with Crippen molar-refractivity contribution in [3.05, 3.63) is 93.6 Å². The summed E-state index contributed by atoms with van der Waals surface area (Å²) in [4.78, 5) is 41.8. The number of carbonyl (C=O) groups excluding carboxylic acids is 2. The van der Waals surface area contributed by atoms with Gasteiger partial charge in [-0.2, -0.15) is 0 Å². The zero-order chi connectivity index (χ0) is 34.2. The molecule has 1 saturated heterocycles. The van der Waals surface area contributed by atoms with Crippen molar-refractivity contribution in [3.63, 3.8) is 0 Å². The highest BCUT2D eigenvalue weighted by Gasteiger charge is 2.53. The number of esters is 1. The number of aromatic nitrogens is 1. The number of anilines is 1. The molecule has 2 aromatic carbocycles. The number of aliphatic hydroxyl groups is 1. The van der Waals surface area contributed by atoms with Crippen molar-refractivity contribution in [3.8, 4) is 17.2 Å². The molecule has 0 bridgehead atoms. The zero-order valence-corrected chi connectivity index (χ0v) is 26.5. The van der Waals surface area contributed by atoms with Crippen LogP contribution in [0, 0.1) is 13.8 Å². The third-order valence-corrected chi connectivity index (χ3v) is 8.00. The number of hydrogen-bond acceptors (Lipinski definition) is 11. The van der Waals surface area contributed by atoms with Crippen molar-refractivity contribution < 1.29 is 48.3 Å². The van der Waals surface area contributed by atoms with Crippen molar-refractivity contribution >= 4 is 28.5 Å². The monoisotopic (exact) mass is 648 g/mol. The maximum atomic E-state index is 13.0. The number of nitrogens with one attached hydrogen (secondary N) is 2. The number of ether oxygens (including phenoxy) is 4. The number of H-pyrrole nitrogens is 1. The number of aryl methyl sites for hydroxylation is 2. The minimum Gasteiger partial charge on any atom is -0.508 e. The average Bonchev–Trinajstić information content (AvgIpc) is 3.46. The van der Waals surface area contributed by atoms with Crippen LogP contribution in [0.25, 0.3) is 11.0 Å². The number of methoxy groups -OCH3 is 1. The van der Waals surface area contributed by atoms with E-state index in [9.17, 15) is 29.7 Å². The highest BCUT2D eigenvalue weighted by atomic mass is 16.7. The zero-order valence-electron chi connectivity index (χ0n) is 26.5. The standard InChI is InChI=1S/C34H36N2O11/c1-7-8-18-15-19(10-13-22(18)37)30(40)36-24-25(38)20-11-14-23(17(3)27(20)45-32(24)42)44-33-26(39)28(29(43-6)34(4,5)47-33)46-31(41)21-12-9-16(2)35-21/h7,9-15,26,28-29,33,35,37-39H,1,8H2,2-6H3,(H,36,40)/t26-,28+,29-,33-/m1/s1. The molecule has 4 atom stereocenters. The molecule has 0 radical (unpaired) electrons. The Bertz CT molecular complexity index is 1910. The Labute approximate surface area is 269 Å². The van der Waals surface area contributed by atoms with Crippen molar-refractivity contribution in [2.45, 2.75) is 64.3 Å². The van der Waals surface area contributed by atoms with Crippen molar-refractivity contribution in [1.29, 1.82) is 0 Å². The Morgan fingerprint density at radius 3 is 2.53 bits per heavy atom. The number of fused-ring (bicyclic) bond motifs is 1. The van der Waals surface area contributed by atoms with Gasteiger partial charge in [0.1, 0.15) is 28.9 Å². The predicted octanol–water partition coefficient (Wildman–Crippen LogP) is 4.25. The first-order valence-corrected chi connectivity index (χ1v) is 14.7. The van der Waals surface area contributed by atoms with Crippen LogP contribution in [-0.4, -0.2) is 69.5 Å². The summed E-state index contributed by atoms with van der Waals surface area (Å²) < 4.78 is 28.9. The second-order valence-electron chi connectivity index (χ2n) is 11.7. The molecule has 1 aliphatic rings. The van der Waals surface area contributed by atoms with E-state index in [1.54, 1.807) is 45.9 Å². The van der Waals surface area contributed by atoms with Crippen molar-refractivity contribution in [1.82, 2.24) is 4.98 Å². The molecule has 2 aromatic heterocycles. The minimum atomic E-state index is -1.51. The number of hydrogen-bond donors (Lipinski definition) is 5. The molecule has 13 nitrogen and oxygen atoms in total. The number of carbonyl (C=O) groups is 2. The Kier molecular flexibility index (Phi) is 9.16. The molecule has 5 rings (SSSR count). The maximum Gasteiger partial charge on any atom is 0.364 e. The van der Waals surface area contributed by atoms with Crippen LogP contribution in [0.15, 0.2) is 64.3 Å². The van der Waals surface area contributed by atoms with Gasteiger partial charge in [0.05, 0.1) is 11.0 Å². The number of aromatic hydroxyl groups is 2. The number of allylic oxidation sites excluding steroid dienone is 1. The molecule has 47 heavy (non-hydrogen) atoms.